The van der Waals surface area contributed by atoms with Crippen molar-refractivity contribution in [1.82, 2.24) is 0 Å². The molecule has 2 rings (SSSR count). The Kier molecular flexibility index (Phi) is 8.67. The molecule has 132 valence electrons. The van der Waals surface area contributed by atoms with Crippen LogP contribution in [0.5, 0.6) is 0 Å². The molecule has 0 radical (unpaired) electrons. The molecule has 2 nitrogen and oxygen atoms in total. The number of carbonyl (C=O) groups is 1. The summed E-state index contributed by atoms with van der Waals surface area (Å²) in [7, 11) is 0. The molecule has 0 bridgehead atoms. The Morgan fingerprint density at radius 1 is 1.21 bits per heavy atom. The number of esters is 1. The third-order valence-corrected chi connectivity index (χ3v) is 6.34. The zero-order chi connectivity index (χ0) is 17.3. The van der Waals surface area contributed by atoms with Crippen LogP contribution in [0.15, 0.2) is 45.4 Å². The number of hydrogen-bond acceptors (Lipinski definition) is 3. The number of unbranched alkanes of at least 4 members (excludes halogenated alkanes) is 5. The molecule has 0 aromatic heterocycles. The monoisotopic (exact) mass is 458 g/mol. The summed E-state index contributed by atoms with van der Waals surface area (Å²) in [5.74, 6) is -0.0176. The normalized spacial score (nSPS) is 23.8. The summed E-state index contributed by atoms with van der Waals surface area (Å²) in [5, 5.41) is 0. The van der Waals surface area contributed by atoms with Crippen LogP contribution in [0.4, 0.5) is 0 Å². The van der Waals surface area contributed by atoms with Crippen LogP contribution < -0.4 is 0 Å². The van der Waals surface area contributed by atoms with E-state index in [0.29, 0.717) is 0 Å². The summed E-state index contributed by atoms with van der Waals surface area (Å²) in [4.78, 5) is 13.7. The number of benzene rings is 1. The highest BCUT2D eigenvalue weighted by Crippen LogP contribution is 2.45. The summed E-state index contributed by atoms with van der Waals surface area (Å²) >= 11 is 3.97. The molecule has 1 fully saturated rings. The maximum atomic E-state index is 12.5. The zero-order valence-electron chi connectivity index (χ0n) is 14.4. The van der Waals surface area contributed by atoms with Gasteiger partial charge in [0.15, 0.2) is 0 Å². The average molecular weight is 458 g/mol. The maximum absolute atomic E-state index is 12.5. The van der Waals surface area contributed by atoms with Gasteiger partial charge < -0.3 is 4.74 Å². The van der Waals surface area contributed by atoms with E-state index in [0.717, 1.165) is 24.2 Å². The fourth-order valence-electron chi connectivity index (χ4n) is 3.20. The van der Waals surface area contributed by atoms with E-state index in [1.165, 1.54) is 32.1 Å². The van der Waals surface area contributed by atoms with Gasteiger partial charge in [-0.25, -0.2) is 0 Å². The van der Waals surface area contributed by atoms with Gasteiger partial charge in [-0.1, -0.05) is 72.5 Å². The van der Waals surface area contributed by atoms with Crippen LogP contribution in [0.1, 0.15) is 58.3 Å². The van der Waals surface area contributed by atoms with Gasteiger partial charge in [0.2, 0.25) is 0 Å². The third-order valence-electron chi connectivity index (χ3n) is 4.39. The molecule has 4 heteroatoms. The van der Waals surface area contributed by atoms with Crippen LogP contribution in [-0.4, -0.2) is 16.8 Å². The molecular formula is C20H27IO2S. The number of carbonyl (C=O) groups excluding carboxylic acids is 1. The number of hydrogen-bond donors (Lipinski definition) is 0. The molecule has 0 saturated carbocycles. The predicted molar refractivity (Wildman–Crippen MR) is 111 cm³/mol. The van der Waals surface area contributed by atoms with Gasteiger partial charge in [-0.3, -0.25) is 4.79 Å². The summed E-state index contributed by atoms with van der Waals surface area (Å²) in [5.41, 5.74) is 0. The fraction of sp³-hybridized carbons (Fsp3) is 0.550. The predicted octanol–water partition coefficient (Wildman–Crippen LogP) is 6.53. The smallest absolute Gasteiger partial charge is 0.322 e. The highest BCUT2D eigenvalue weighted by atomic mass is 127. The van der Waals surface area contributed by atoms with Gasteiger partial charge in [-0.2, -0.15) is 0 Å². The SMILES string of the molecule is C[C@H]1C[C@@](CCCCCCC/C=C/I)(Sc2ccccc2)C(=O)O1. The molecule has 0 unspecified atom stereocenters. The molecule has 1 saturated heterocycles. The Labute approximate surface area is 164 Å². The van der Waals surface area contributed by atoms with Gasteiger partial charge in [-0.15, -0.1) is 11.8 Å². The van der Waals surface area contributed by atoms with Crippen molar-refractivity contribution in [3.63, 3.8) is 0 Å². The Bertz CT molecular complexity index is 532. The first-order valence-electron chi connectivity index (χ1n) is 8.87. The first kappa shape index (κ1) is 19.8. The van der Waals surface area contributed by atoms with Crippen LogP contribution in [0.3, 0.4) is 0 Å². The Hall–Kier alpha value is -0.490. The second-order valence-corrected chi connectivity index (χ2v) is 8.67. The Morgan fingerprint density at radius 3 is 2.58 bits per heavy atom. The van der Waals surface area contributed by atoms with Gasteiger partial charge in [0.1, 0.15) is 10.9 Å². The minimum absolute atomic E-state index is 0.0176. The van der Waals surface area contributed by atoms with E-state index in [1.54, 1.807) is 11.8 Å². The summed E-state index contributed by atoms with van der Waals surface area (Å²) in [6.45, 7) is 2.01. The molecule has 1 aromatic rings. The maximum Gasteiger partial charge on any atom is 0.322 e. The lowest BCUT2D eigenvalue weighted by Gasteiger charge is -2.24. The molecule has 0 spiro atoms. The van der Waals surface area contributed by atoms with E-state index in [2.05, 4.69) is 44.9 Å². The first-order chi connectivity index (χ1) is 11.7. The molecular weight excluding hydrogens is 431 g/mol. The van der Waals surface area contributed by atoms with Gasteiger partial charge in [-0.05, 0) is 42.4 Å². The summed E-state index contributed by atoms with van der Waals surface area (Å²) in [6.07, 6.45) is 11.3. The Balaban J connectivity index is 1.83. The lowest BCUT2D eigenvalue weighted by atomic mass is 9.96. The van der Waals surface area contributed by atoms with E-state index in [9.17, 15) is 4.79 Å². The van der Waals surface area contributed by atoms with Crippen molar-refractivity contribution >= 4 is 40.3 Å². The molecule has 0 amide bonds. The van der Waals surface area contributed by atoms with Crippen molar-refractivity contribution < 1.29 is 9.53 Å². The van der Waals surface area contributed by atoms with Crippen molar-refractivity contribution in [2.24, 2.45) is 0 Å². The Morgan fingerprint density at radius 2 is 1.92 bits per heavy atom. The number of halogens is 1. The highest BCUT2D eigenvalue weighted by molar-refractivity contribution is 14.1. The van der Waals surface area contributed by atoms with Crippen molar-refractivity contribution in [2.45, 2.75) is 74.0 Å². The molecule has 0 N–H and O–H groups in total. The summed E-state index contributed by atoms with van der Waals surface area (Å²) < 4.78 is 7.21. The third kappa shape index (κ3) is 6.10. The number of thioether (sulfide) groups is 1. The van der Waals surface area contributed by atoms with Gasteiger partial charge in [0.25, 0.3) is 0 Å². The van der Waals surface area contributed by atoms with Crippen molar-refractivity contribution in [2.75, 3.05) is 0 Å². The van der Waals surface area contributed by atoms with Crippen LogP contribution in [-0.2, 0) is 9.53 Å². The molecule has 1 aliphatic rings. The molecule has 1 aromatic carbocycles. The highest BCUT2D eigenvalue weighted by Gasteiger charge is 2.48. The van der Waals surface area contributed by atoms with Crippen molar-refractivity contribution in [3.8, 4) is 0 Å². The minimum Gasteiger partial charge on any atom is -0.462 e. The van der Waals surface area contributed by atoms with E-state index in [1.807, 2.05) is 25.1 Å². The second-order valence-electron chi connectivity index (χ2n) is 6.50. The van der Waals surface area contributed by atoms with E-state index >= 15 is 0 Å². The standard InChI is InChI=1S/C20H27IO2S/c1-17-16-20(19(22)23-17,24-18-12-8-7-9-13-18)14-10-5-3-2-4-6-11-15-21/h7-9,11-13,15,17H,2-6,10,14,16H2,1H3/b15-11+/t17-,20+/m0/s1. The van der Waals surface area contributed by atoms with E-state index in [4.69, 9.17) is 4.74 Å². The number of ether oxygens (including phenoxy) is 1. The molecule has 1 aliphatic heterocycles. The minimum atomic E-state index is -0.384. The summed E-state index contributed by atoms with van der Waals surface area (Å²) in [6, 6.07) is 10.3. The number of allylic oxidation sites excluding steroid dienone is 1. The zero-order valence-corrected chi connectivity index (χ0v) is 17.4. The van der Waals surface area contributed by atoms with Crippen LogP contribution in [0, 0.1) is 0 Å². The second kappa shape index (κ2) is 10.5. The van der Waals surface area contributed by atoms with Crippen molar-refractivity contribution in [3.05, 3.63) is 40.5 Å². The first-order valence-corrected chi connectivity index (χ1v) is 10.9. The van der Waals surface area contributed by atoms with Crippen molar-refractivity contribution in [1.29, 1.82) is 0 Å². The fourth-order valence-corrected chi connectivity index (χ4v) is 5.00. The number of cyclic esters (lactones) is 1. The molecule has 1 heterocycles. The van der Waals surface area contributed by atoms with Crippen LogP contribution in [0.2, 0.25) is 0 Å². The molecule has 24 heavy (non-hydrogen) atoms. The van der Waals surface area contributed by atoms with Gasteiger partial charge in [0, 0.05) is 11.3 Å². The van der Waals surface area contributed by atoms with Crippen LogP contribution >= 0.6 is 34.4 Å². The molecule has 0 aliphatic carbocycles. The quantitative estimate of drug-likeness (QED) is 0.227. The average Bonchev–Trinajstić information content (AvgIpc) is 2.84. The topological polar surface area (TPSA) is 26.3 Å². The van der Waals surface area contributed by atoms with Gasteiger partial charge >= 0.3 is 5.97 Å². The van der Waals surface area contributed by atoms with Crippen LogP contribution in [0.25, 0.3) is 0 Å². The van der Waals surface area contributed by atoms with Gasteiger partial charge in [0.05, 0.1) is 0 Å². The lowest BCUT2D eigenvalue weighted by Crippen LogP contribution is -2.30. The lowest BCUT2D eigenvalue weighted by molar-refractivity contribution is -0.142. The largest absolute Gasteiger partial charge is 0.462 e. The number of rotatable bonds is 10. The molecule has 2 atom stereocenters. The van der Waals surface area contributed by atoms with E-state index in [-0.39, 0.29) is 16.8 Å². The van der Waals surface area contributed by atoms with E-state index < -0.39 is 0 Å².